The minimum atomic E-state index is 0.0987. The van der Waals surface area contributed by atoms with Gasteiger partial charge in [-0.2, -0.15) is 0 Å². The maximum Gasteiger partial charge on any atom is 0.254 e. The van der Waals surface area contributed by atoms with Gasteiger partial charge in [-0.3, -0.25) is 4.79 Å². The minimum Gasteiger partial charge on any atom is -0.372 e. The molecule has 2 heterocycles. The number of aromatic nitrogens is 1. The molecule has 5 heteroatoms. The molecule has 2 aromatic rings. The van der Waals surface area contributed by atoms with E-state index in [9.17, 15) is 4.79 Å². The summed E-state index contributed by atoms with van der Waals surface area (Å²) >= 11 is 0. The zero-order valence-electron chi connectivity index (χ0n) is 16.0. The average Bonchev–Trinajstić information content (AvgIpc) is 3.19. The topological polar surface area (TPSA) is 48.5 Å². The van der Waals surface area contributed by atoms with Gasteiger partial charge in [-0.15, -0.1) is 0 Å². The SMILES string of the molecule is CCN(CC)c1ccc(Nc2cc(C(=O)N3CCCC3)ccn2)c(C)c1. The maximum absolute atomic E-state index is 12.6. The van der Waals surface area contributed by atoms with Gasteiger partial charge >= 0.3 is 0 Å². The Kier molecular flexibility index (Phi) is 5.76. The molecule has 1 fully saturated rings. The van der Waals surface area contributed by atoms with Crippen molar-refractivity contribution in [1.29, 1.82) is 0 Å². The van der Waals surface area contributed by atoms with Crippen LogP contribution in [0.15, 0.2) is 36.5 Å². The predicted molar refractivity (Wildman–Crippen MR) is 107 cm³/mol. The van der Waals surface area contributed by atoms with Gasteiger partial charge in [0.2, 0.25) is 0 Å². The predicted octanol–water partition coefficient (Wildman–Crippen LogP) is 4.22. The highest BCUT2D eigenvalue weighted by atomic mass is 16.2. The molecule has 0 unspecified atom stereocenters. The second-order valence-corrected chi connectivity index (χ2v) is 6.73. The lowest BCUT2D eigenvalue weighted by molar-refractivity contribution is 0.0793. The van der Waals surface area contributed by atoms with Crippen LogP contribution in [0.4, 0.5) is 17.2 Å². The largest absolute Gasteiger partial charge is 0.372 e. The van der Waals surface area contributed by atoms with Crippen molar-refractivity contribution in [3.8, 4) is 0 Å². The van der Waals surface area contributed by atoms with E-state index in [2.05, 4.69) is 54.2 Å². The fourth-order valence-corrected chi connectivity index (χ4v) is 3.45. The highest BCUT2D eigenvalue weighted by Crippen LogP contribution is 2.25. The highest BCUT2D eigenvalue weighted by Gasteiger charge is 2.19. The molecule has 3 rings (SSSR count). The van der Waals surface area contributed by atoms with Crippen LogP contribution in [-0.4, -0.2) is 42.0 Å². The van der Waals surface area contributed by atoms with Crippen molar-refractivity contribution in [2.75, 3.05) is 36.4 Å². The van der Waals surface area contributed by atoms with Gasteiger partial charge < -0.3 is 15.1 Å². The number of hydrogen-bond donors (Lipinski definition) is 1. The molecular formula is C21H28N4O. The van der Waals surface area contributed by atoms with Crippen molar-refractivity contribution in [2.24, 2.45) is 0 Å². The molecule has 1 aromatic heterocycles. The second kappa shape index (κ2) is 8.21. The van der Waals surface area contributed by atoms with Crippen LogP contribution in [0.5, 0.6) is 0 Å². The molecule has 5 nitrogen and oxygen atoms in total. The Morgan fingerprint density at radius 1 is 1.15 bits per heavy atom. The van der Waals surface area contributed by atoms with Crippen molar-refractivity contribution < 1.29 is 4.79 Å². The first-order valence-corrected chi connectivity index (χ1v) is 9.50. The van der Waals surface area contributed by atoms with Gasteiger partial charge in [-0.25, -0.2) is 4.98 Å². The van der Waals surface area contributed by atoms with Crippen LogP contribution in [0, 0.1) is 6.92 Å². The number of rotatable bonds is 6. The van der Waals surface area contributed by atoms with E-state index in [0.717, 1.165) is 50.3 Å². The molecule has 0 atom stereocenters. The number of hydrogen-bond acceptors (Lipinski definition) is 4. The van der Waals surface area contributed by atoms with E-state index < -0.39 is 0 Å². The Morgan fingerprint density at radius 3 is 2.54 bits per heavy atom. The number of benzene rings is 1. The summed E-state index contributed by atoms with van der Waals surface area (Å²) in [5.41, 5.74) is 4.09. The summed E-state index contributed by atoms with van der Waals surface area (Å²) in [5.74, 6) is 0.801. The monoisotopic (exact) mass is 352 g/mol. The van der Waals surface area contributed by atoms with Crippen LogP contribution in [0.3, 0.4) is 0 Å². The van der Waals surface area contributed by atoms with Gasteiger partial charge in [0.05, 0.1) is 0 Å². The number of carbonyl (C=O) groups is 1. The van der Waals surface area contributed by atoms with Crippen molar-refractivity contribution in [3.05, 3.63) is 47.7 Å². The summed E-state index contributed by atoms with van der Waals surface area (Å²) in [5, 5.41) is 3.36. The summed E-state index contributed by atoms with van der Waals surface area (Å²) in [4.78, 5) is 21.2. The third kappa shape index (κ3) is 3.98. The first-order chi connectivity index (χ1) is 12.6. The number of carbonyl (C=O) groups excluding carboxylic acids is 1. The van der Waals surface area contributed by atoms with Crippen LogP contribution >= 0.6 is 0 Å². The quantitative estimate of drug-likeness (QED) is 0.846. The maximum atomic E-state index is 12.6. The van der Waals surface area contributed by atoms with E-state index in [4.69, 9.17) is 0 Å². The number of anilines is 3. The number of nitrogens with zero attached hydrogens (tertiary/aromatic N) is 3. The molecule has 1 N–H and O–H groups in total. The van der Waals surface area contributed by atoms with Gasteiger partial charge in [-0.1, -0.05) is 0 Å². The zero-order chi connectivity index (χ0) is 18.5. The van der Waals surface area contributed by atoms with E-state index in [1.54, 1.807) is 12.3 Å². The Bertz CT molecular complexity index is 764. The fourth-order valence-electron chi connectivity index (χ4n) is 3.45. The van der Waals surface area contributed by atoms with Crippen LogP contribution < -0.4 is 10.2 Å². The lowest BCUT2D eigenvalue weighted by Gasteiger charge is -2.22. The molecule has 0 saturated carbocycles. The molecule has 1 saturated heterocycles. The van der Waals surface area contributed by atoms with E-state index >= 15 is 0 Å². The second-order valence-electron chi connectivity index (χ2n) is 6.73. The first-order valence-electron chi connectivity index (χ1n) is 9.50. The molecule has 0 spiro atoms. The molecule has 1 aliphatic heterocycles. The summed E-state index contributed by atoms with van der Waals surface area (Å²) in [7, 11) is 0. The Hall–Kier alpha value is -2.56. The molecule has 1 aliphatic rings. The summed E-state index contributed by atoms with van der Waals surface area (Å²) < 4.78 is 0. The number of pyridine rings is 1. The standard InChI is InChI=1S/C21H28N4O/c1-4-24(5-2)18-8-9-19(16(3)14-18)23-20-15-17(10-11-22-20)21(26)25-12-6-7-13-25/h8-11,14-15H,4-7,12-13H2,1-3H3,(H,22,23). The molecule has 138 valence electrons. The summed E-state index contributed by atoms with van der Waals surface area (Å²) in [6.07, 6.45) is 3.89. The fraction of sp³-hybridized carbons (Fsp3) is 0.429. The van der Waals surface area contributed by atoms with Crippen molar-refractivity contribution in [3.63, 3.8) is 0 Å². The van der Waals surface area contributed by atoms with E-state index in [0.29, 0.717) is 11.4 Å². The average molecular weight is 352 g/mol. The van der Waals surface area contributed by atoms with Crippen LogP contribution in [0.25, 0.3) is 0 Å². The molecule has 26 heavy (non-hydrogen) atoms. The van der Waals surface area contributed by atoms with E-state index in [-0.39, 0.29) is 5.91 Å². The normalized spacial score (nSPS) is 13.7. The first kappa shape index (κ1) is 18.2. The van der Waals surface area contributed by atoms with Crippen molar-refractivity contribution in [1.82, 2.24) is 9.88 Å². The Labute approximate surface area is 156 Å². The summed E-state index contributed by atoms with van der Waals surface area (Å²) in [6, 6.07) is 10.0. The molecule has 0 bridgehead atoms. The Morgan fingerprint density at radius 2 is 1.88 bits per heavy atom. The third-order valence-corrected chi connectivity index (χ3v) is 5.00. The van der Waals surface area contributed by atoms with Crippen molar-refractivity contribution in [2.45, 2.75) is 33.6 Å². The lowest BCUT2D eigenvalue weighted by Crippen LogP contribution is -2.27. The number of aryl methyl sites for hydroxylation is 1. The van der Waals surface area contributed by atoms with Gasteiger partial charge in [0.15, 0.2) is 0 Å². The van der Waals surface area contributed by atoms with Crippen LogP contribution in [-0.2, 0) is 0 Å². The van der Waals surface area contributed by atoms with Crippen LogP contribution in [0.2, 0.25) is 0 Å². The minimum absolute atomic E-state index is 0.0987. The van der Waals surface area contributed by atoms with Gasteiger partial charge in [0, 0.05) is 49.3 Å². The van der Waals surface area contributed by atoms with Gasteiger partial charge in [0.1, 0.15) is 5.82 Å². The zero-order valence-corrected chi connectivity index (χ0v) is 16.0. The number of nitrogens with one attached hydrogen (secondary N) is 1. The third-order valence-electron chi connectivity index (χ3n) is 5.00. The van der Waals surface area contributed by atoms with E-state index in [1.807, 2.05) is 11.0 Å². The molecular weight excluding hydrogens is 324 g/mol. The smallest absolute Gasteiger partial charge is 0.254 e. The molecule has 0 aliphatic carbocycles. The molecule has 1 aromatic carbocycles. The van der Waals surface area contributed by atoms with Crippen LogP contribution in [0.1, 0.15) is 42.6 Å². The molecule has 0 radical (unpaired) electrons. The lowest BCUT2D eigenvalue weighted by atomic mass is 10.1. The summed E-state index contributed by atoms with van der Waals surface area (Å²) in [6.45, 7) is 10.1. The van der Waals surface area contributed by atoms with E-state index in [1.165, 1.54) is 5.69 Å². The highest BCUT2D eigenvalue weighted by molar-refractivity contribution is 5.95. The molecule has 1 amide bonds. The number of likely N-dealkylation sites (tertiary alicyclic amines) is 1. The number of amides is 1. The van der Waals surface area contributed by atoms with Gasteiger partial charge in [-0.05, 0) is 69.5 Å². The Balaban J connectivity index is 1.76. The van der Waals surface area contributed by atoms with Crippen molar-refractivity contribution >= 4 is 23.1 Å². The van der Waals surface area contributed by atoms with Gasteiger partial charge in [0.25, 0.3) is 5.91 Å².